The molecule has 0 amide bonds. The van der Waals surface area contributed by atoms with Crippen LogP contribution >= 0.6 is 15.9 Å². The average molecular weight is 306 g/mol. The zero-order chi connectivity index (χ0) is 12.8. The summed E-state index contributed by atoms with van der Waals surface area (Å²) < 4.78 is 6.79. The highest BCUT2D eigenvalue weighted by atomic mass is 79.9. The van der Waals surface area contributed by atoms with Gasteiger partial charge in [0.25, 0.3) is 0 Å². The number of rotatable bonds is 5. The first kappa shape index (κ1) is 13.0. The van der Waals surface area contributed by atoms with Crippen LogP contribution in [0.15, 0.2) is 53.0 Å². The van der Waals surface area contributed by atoms with E-state index in [4.69, 9.17) is 4.74 Å². The molecule has 0 saturated carbocycles. The molecule has 0 radical (unpaired) electrons. The summed E-state index contributed by atoms with van der Waals surface area (Å²) in [7, 11) is 0. The van der Waals surface area contributed by atoms with Crippen molar-refractivity contribution in [2.75, 3.05) is 18.5 Å². The number of hydrogen-bond acceptors (Lipinski definition) is 2. The first-order chi connectivity index (χ1) is 8.75. The summed E-state index contributed by atoms with van der Waals surface area (Å²) in [4.78, 5) is 0. The van der Waals surface area contributed by atoms with Crippen LogP contribution in [-0.2, 0) is 0 Å². The molecular weight excluding hydrogens is 290 g/mol. The van der Waals surface area contributed by atoms with Crippen molar-refractivity contribution in [3.63, 3.8) is 0 Å². The molecule has 1 N–H and O–H groups in total. The molecule has 0 saturated heterocycles. The maximum atomic E-state index is 5.71. The van der Waals surface area contributed by atoms with Gasteiger partial charge in [0.1, 0.15) is 12.4 Å². The highest BCUT2D eigenvalue weighted by molar-refractivity contribution is 9.10. The first-order valence-corrected chi connectivity index (χ1v) is 6.73. The van der Waals surface area contributed by atoms with E-state index in [2.05, 4.69) is 34.2 Å². The van der Waals surface area contributed by atoms with Gasteiger partial charge in [-0.1, -0.05) is 40.2 Å². The van der Waals surface area contributed by atoms with Gasteiger partial charge >= 0.3 is 0 Å². The Hall–Kier alpha value is -1.48. The van der Waals surface area contributed by atoms with E-state index >= 15 is 0 Å². The van der Waals surface area contributed by atoms with E-state index < -0.39 is 0 Å². The SMILES string of the molecule is Cc1ccccc1OCCNc1cccc(Br)c1. The fraction of sp³-hybridized carbons (Fsp3) is 0.200. The summed E-state index contributed by atoms with van der Waals surface area (Å²) in [5.41, 5.74) is 2.26. The Kier molecular flexibility index (Phi) is 4.65. The van der Waals surface area contributed by atoms with Crippen LogP contribution in [0.25, 0.3) is 0 Å². The lowest BCUT2D eigenvalue weighted by atomic mass is 10.2. The van der Waals surface area contributed by atoms with Crippen molar-refractivity contribution in [3.05, 3.63) is 58.6 Å². The lowest BCUT2D eigenvalue weighted by molar-refractivity contribution is 0.330. The normalized spacial score (nSPS) is 10.1. The van der Waals surface area contributed by atoms with Crippen molar-refractivity contribution in [2.24, 2.45) is 0 Å². The Balaban J connectivity index is 1.78. The van der Waals surface area contributed by atoms with Crippen molar-refractivity contribution in [1.82, 2.24) is 0 Å². The molecule has 2 aromatic carbocycles. The molecule has 0 bridgehead atoms. The summed E-state index contributed by atoms with van der Waals surface area (Å²) in [5, 5.41) is 3.32. The van der Waals surface area contributed by atoms with Gasteiger partial charge in [0.05, 0.1) is 0 Å². The lowest BCUT2D eigenvalue weighted by Gasteiger charge is -2.10. The number of anilines is 1. The van der Waals surface area contributed by atoms with E-state index in [9.17, 15) is 0 Å². The van der Waals surface area contributed by atoms with Crippen LogP contribution in [0.1, 0.15) is 5.56 Å². The lowest BCUT2D eigenvalue weighted by Crippen LogP contribution is -2.11. The molecule has 2 rings (SSSR count). The highest BCUT2D eigenvalue weighted by Crippen LogP contribution is 2.17. The Morgan fingerprint density at radius 3 is 2.72 bits per heavy atom. The van der Waals surface area contributed by atoms with Gasteiger partial charge in [-0.3, -0.25) is 0 Å². The fourth-order valence-electron chi connectivity index (χ4n) is 1.67. The minimum Gasteiger partial charge on any atom is -0.491 e. The van der Waals surface area contributed by atoms with Gasteiger partial charge in [0.2, 0.25) is 0 Å². The van der Waals surface area contributed by atoms with Gasteiger partial charge in [-0.15, -0.1) is 0 Å². The van der Waals surface area contributed by atoms with Crippen LogP contribution in [-0.4, -0.2) is 13.2 Å². The number of benzene rings is 2. The van der Waals surface area contributed by atoms with Crippen LogP contribution in [0.5, 0.6) is 5.75 Å². The maximum absolute atomic E-state index is 5.71. The van der Waals surface area contributed by atoms with Crippen LogP contribution < -0.4 is 10.1 Å². The summed E-state index contributed by atoms with van der Waals surface area (Å²) in [6.07, 6.45) is 0. The van der Waals surface area contributed by atoms with Crippen molar-refractivity contribution < 1.29 is 4.74 Å². The second kappa shape index (κ2) is 6.45. The van der Waals surface area contributed by atoms with Crippen molar-refractivity contribution in [3.8, 4) is 5.75 Å². The van der Waals surface area contributed by atoms with E-state index in [-0.39, 0.29) is 0 Å². The molecule has 3 heteroatoms. The van der Waals surface area contributed by atoms with Gasteiger partial charge in [0.15, 0.2) is 0 Å². The van der Waals surface area contributed by atoms with Crippen LogP contribution in [0.3, 0.4) is 0 Å². The molecule has 0 aliphatic carbocycles. The molecule has 2 nitrogen and oxygen atoms in total. The molecule has 0 spiro atoms. The minimum atomic E-state index is 0.650. The number of halogens is 1. The Morgan fingerprint density at radius 2 is 1.94 bits per heavy atom. The van der Waals surface area contributed by atoms with Crippen LogP contribution in [0.4, 0.5) is 5.69 Å². The van der Waals surface area contributed by atoms with Gasteiger partial charge in [-0.25, -0.2) is 0 Å². The van der Waals surface area contributed by atoms with Crippen molar-refractivity contribution in [2.45, 2.75) is 6.92 Å². The Morgan fingerprint density at radius 1 is 1.11 bits per heavy atom. The monoisotopic (exact) mass is 305 g/mol. The summed E-state index contributed by atoms with van der Waals surface area (Å²) >= 11 is 3.45. The third-order valence-corrected chi connectivity index (χ3v) is 3.10. The van der Waals surface area contributed by atoms with E-state index in [0.717, 1.165) is 22.5 Å². The second-order valence-electron chi connectivity index (χ2n) is 4.05. The third kappa shape index (κ3) is 3.77. The molecule has 0 atom stereocenters. The largest absolute Gasteiger partial charge is 0.491 e. The quantitative estimate of drug-likeness (QED) is 0.834. The number of hydrogen-bond donors (Lipinski definition) is 1. The molecule has 18 heavy (non-hydrogen) atoms. The molecule has 0 aliphatic rings. The molecule has 2 aromatic rings. The third-order valence-electron chi connectivity index (χ3n) is 2.61. The minimum absolute atomic E-state index is 0.650. The van der Waals surface area contributed by atoms with Crippen molar-refractivity contribution in [1.29, 1.82) is 0 Å². The average Bonchev–Trinajstić information content (AvgIpc) is 2.37. The predicted molar refractivity (Wildman–Crippen MR) is 79.3 cm³/mol. The topological polar surface area (TPSA) is 21.3 Å². The fourth-order valence-corrected chi connectivity index (χ4v) is 2.07. The molecule has 94 valence electrons. The zero-order valence-electron chi connectivity index (χ0n) is 10.3. The first-order valence-electron chi connectivity index (χ1n) is 5.93. The van der Waals surface area contributed by atoms with Gasteiger partial charge < -0.3 is 10.1 Å². The molecule has 0 aromatic heterocycles. The van der Waals surface area contributed by atoms with E-state index in [1.165, 1.54) is 5.56 Å². The van der Waals surface area contributed by atoms with Crippen LogP contribution in [0.2, 0.25) is 0 Å². The highest BCUT2D eigenvalue weighted by Gasteiger charge is 1.97. The number of nitrogens with one attached hydrogen (secondary N) is 1. The van der Waals surface area contributed by atoms with Gasteiger partial charge in [0, 0.05) is 16.7 Å². The van der Waals surface area contributed by atoms with E-state index in [1.807, 2.05) is 42.5 Å². The van der Waals surface area contributed by atoms with E-state index in [0.29, 0.717) is 6.61 Å². The number of ether oxygens (including phenoxy) is 1. The summed E-state index contributed by atoms with van der Waals surface area (Å²) in [5.74, 6) is 0.952. The van der Waals surface area contributed by atoms with Crippen molar-refractivity contribution >= 4 is 21.6 Å². The smallest absolute Gasteiger partial charge is 0.122 e. The Labute approximate surface area is 116 Å². The second-order valence-corrected chi connectivity index (χ2v) is 4.97. The zero-order valence-corrected chi connectivity index (χ0v) is 11.9. The predicted octanol–water partition coefficient (Wildman–Crippen LogP) is 4.25. The molecule has 0 aliphatic heterocycles. The van der Waals surface area contributed by atoms with E-state index in [1.54, 1.807) is 0 Å². The molecule has 0 fully saturated rings. The summed E-state index contributed by atoms with van der Waals surface area (Å²) in [6, 6.07) is 16.2. The van der Waals surface area contributed by atoms with Crippen LogP contribution in [0, 0.1) is 6.92 Å². The summed E-state index contributed by atoms with van der Waals surface area (Å²) in [6.45, 7) is 3.49. The number of para-hydroxylation sites is 1. The Bertz CT molecular complexity index is 513. The number of aryl methyl sites for hydroxylation is 1. The molecular formula is C15H16BrNO. The molecule has 0 heterocycles. The maximum Gasteiger partial charge on any atom is 0.122 e. The standard InChI is InChI=1S/C15H16BrNO/c1-12-5-2-3-8-15(12)18-10-9-17-14-7-4-6-13(16)11-14/h2-8,11,17H,9-10H2,1H3. The van der Waals surface area contributed by atoms with Gasteiger partial charge in [-0.05, 0) is 36.8 Å². The van der Waals surface area contributed by atoms with Gasteiger partial charge in [-0.2, -0.15) is 0 Å². The molecule has 0 unspecified atom stereocenters.